The average molecular weight is 301 g/mol. The van der Waals surface area contributed by atoms with Gasteiger partial charge in [-0.3, -0.25) is 0 Å². The van der Waals surface area contributed by atoms with Crippen molar-refractivity contribution in [2.24, 2.45) is 5.92 Å². The molecule has 1 aromatic heterocycles. The molecule has 7 heteroatoms. The van der Waals surface area contributed by atoms with E-state index in [0.717, 1.165) is 17.1 Å². The fraction of sp³-hybridized carbons (Fsp3) is 0.615. The lowest BCUT2D eigenvalue weighted by atomic mass is 10.0. The molecule has 2 N–H and O–H groups in total. The van der Waals surface area contributed by atoms with Crippen molar-refractivity contribution >= 4 is 15.8 Å². The Bertz CT molecular complexity index is 500. The molecule has 0 saturated heterocycles. The standard InChI is InChI=1S/C13H23N3O3S/c1-4-11(7-8-17)9-14-13-6-5-12(10-15-13)20(18,19)16(2)3/h5-6,10-11,17H,4,7-9H2,1-3H3,(H,14,15). The third kappa shape index (κ3) is 4.43. The number of rotatable bonds is 8. The first-order chi connectivity index (χ1) is 9.41. The number of nitrogens with zero attached hydrogens (tertiary/aromatic N) is 2. The molecule has 0 spiro atoms. The molecule has 1 rings (SSSR count). The first kappa shape index (κ1) is 16.9. The van der Waals surface area contributed by atoms with Crippen molar-refractivity contribution in [2.75, 3.05) is 32.6 Å². The molecular formula is C13H23N3O3S. The zero-order chi connectivity index (χ0) is 15.2. The summed E-state index contributed by atoms with van der Waals surface area (Å²) in [5.74, 6) is 1.02. The van der Waals surface area contributed by atoms with Gasteiger partial charge in [-0.1, -0.05) is 13.3 Å². The maximum atomic E-state index is 11.9. The second-order valence-corrected chi connectivity index (χ2v) is 6.99. The number of hydrogen-bond acceptors (Lipinski definition) is 5. The zero-order valence-electron chi connectivity index (χ0n) is 12.2. The van der Waals surface area contributed by atoms with E-state index in [1.54, 1.807) is 6.07 Å². The second kappa shape index (κ2) is 7.56. The third-order valence-corrected chi connectivity index (χ3v) is 5.00. The molecule has 0 radical (unpaired) electrons. The normalized spacial score (nSPS) is 13.4. The highest BCUT2D eigenvalue weighted by atomic mass is 32.2. The van der Waals surface area contributed by atoms with Crippen LogP contribution in [0.5, 0.6) is 0 Å². The first-order valence-corrected chi connectivity index (χ1v) is 8.09. The monoisotopic (exact) mass is 301 g/mol. The predicted octanol–water partition coefficient (Wildman–Crippen LogP) is 1.15. The molecule has 0 aliphatic heterocycles. The van der Waals surface area contributed by atoms with Crippen LogP contribution in [-0.4, -0.2) is 50.1 Å². The van der Waals surface area contributed by atoms with Crippen molar-refractivity contribution < 1.29 is 13.5 Å². The Labute approximate surface area is 120 Å². The Morgan fingerprint density at radius 1 is 1.40 bits per heavy atom. The van der Waals surface area contributed by atoms with Gasteiger partial charge in [0, 0.05) is 33.4 Å². The Morgan fingerprint density at radius 3 is 2.55 bits per heavy atom. The highest BCUT2D eigenvalue weighted by Crippen LogP contribution is 2.15. The topological polar surface area (TPSA) is 82.5 Å². The van der Waals surface area contributed by atoms with Gasteiger partial charge in [0.25, 0.3) is 0 Å². The lowest BCUT2D eigenvalue weighted by Gasteiger charge is -2.15. The van der Waals surface area contributed by atoms with E-state index in [0.29, 0.717) is 18.3 Å². The van der Waals surface area contributed by atoms with Gasteiger partial charge in [-0.15, -0.1) is 0 Å². The van der Waals surface area contributed by atoms with Crippen LogP contribution in [0.3, 0.4) is 0 Å². The van der Waals surface area contributed by atoms with Crippen LogP contribution < -0.4 is 5.32 Å². The summed E-state index contributed by atoms with van der Waals surface area (Å²) in [6.45, 7) is 2.96. The molecule has 1 atom stereocenters. The van der Waals surface area contributed by atoms with E-state index in [4.69, 9.17) is 5.11 Å². The quantitative estimate of drug-likeness (QED) is 0.753. The molecule has 0 aromatic carbocycles. The van der Waals surface area contributed by atoms with Crippen molar-refractivity contribution in [3.8, 4) is 0 Å². The summed E-state index contributed by atoms with van der Waals surface area (Å²) in [6.07, 6.45) is 3.07. The summed E-state index contributed by atoms with van der Waals surface area (Å²) in [4.78, 5) is 4.29. The summed E-state index contributed by atoms with van der Waals surface area (Å²) in [5.41, 5.74) is 0. The van der Waals surface area contributed by atoms with E-state index in [2.05, 4.69) is 17.2 Å². The largest absolute Gasteiger partial charge is 0.396 e. The Kier molecular flexibility index (Phi) is 6.38. The minimum atomic E-state index is -3.43. The Hall–Kier alpha value is -1.18. The van der Waals surface area contributed by atoms with Gasteiger partial charge >= 0.3 is 0 Å². The number of anilines is 1. The number of nitrogens with one attached hydrogen (secondary N) is 1. The summed E-state index contributed by atoms with van der Waals surface area (Å²) in [7, 11) is -0.452. The van der Waals surface area contributed by atoms with Gasteiger partial charge in [-0.05, 0) is 24.5 Å². The molecule has 0 fully saturated rings. The number of pyridine rings is 1. The van der Waals surface area contributed by atoms with E-state index in [-0.39, 0.29) is 11.5 Å². The van der Waals surface area contributed by atoms with Crippen LogP contribution in [0.25, 0.3) is 0 Å². The molecule has 1 unspecified atom stereocenters. The summed E-state index contributed by atoms with van der Waals surface area (Å²) < 4.78 is 24.9. The fourth-order valence-electron chi connectivity index (χ4n) is 1.73. The number of sulfonamides is 1. The maximum Gasteiger partial charge on any atom is 0.244 e. The van der Waals surface area contributed by atoms with Gasteiger partial charge in [-0.25, -0.2) is 17.7 Å². The van der Waals surface area contributed by atoms with Crippen molar-refractivity contribution in [1.82, 2.24) is 9.29 Å². The van der Waals surface area contributed by atoms with Gasteiger partial charge in [0.15, 0.2) is 0 Å². The number of aliphatic hydroxyl groups excluding tert-OH is 1. The van der Waals surface area contributed by atoms with E-state index in [9.17, 15) is 8.42 Å². The van der Waals surface area contributed by atoms with E-state index in [1.807, 2.05) is 0 Å². The van der Waals surface area contributed by atoms with Gasteiger partial charge in [0.1, 0.15) is 10.7 Å². The predicted molar refractivity (Wildman–Crippen MR) is 79.1 cm³/mol. The molecule has 0 saturated carbocycles. The average Bonchev–Trinajstić information content (AvgIpc) is 2.43. The number of aliphatic hydroxyl groups is 1. The number of aromatic nitrogens is 1. The SMILES string of the molecule is CCC(CCO)CNc1ccc(S(=O)(=O)N(C)C)cn1. The Morgan fingerprint density at radius 2 is 2.10 bits per heavy atom. The van der Waals surface area contributed by atoms with Crippen LogP contribution in [0.15, 0.2) is 23.2 Å². The van der Waals surface area contributed by atoms with Crippen LogP contribution in [0.4, 0.5) is 5.82 Å². The molecule has 1 heterocycles. The van der Waals surface area contributed by atoms with Gasteiger partial charge in [-0.2, -0.15) is 0 Å². The van der Waals surface area contributed by atoms with Crippen molar-refractivity contribution in [3.05, 3.63) is 18.3 Å². The fourth-order valence-corrected chi connectivity index (χ4v) is 2.58. The summed E-state index contributed by atoms with van der Waals surface area (Å²) in [5, 5.41) is 12.1. The molecule has 1 aromatic rings. The van der Waals surface area contributed by atoms with Crippen LogP contribution in [-0.2, 0) is 10.0 Å². The summed E-state index contributed by atoms with van der Waals surface area (Å²) >= 11 is 0. The molecule has 6 nitrogen and oxygen atoms in total. The van der Waals surface area contributed by atoms with Gasteiger partial charge < -0.3 is 10.4 Å². The van der Waals surface area contributed by atoms with E-state index >= 15 is 0 Å². The molecule has 0 aliphatic rings. The molecular weight excluding hydrogens is 278 g/mol. The third-order valence-electron chi connectivity index (χ3n) is 3.20. The van der Waals surface area contributed by atoms with Crippen LogP contribution in [0.1, 0.15) is 19.8 Å². The van der Waals surface area contributed by atoms with Gasteiger partial charge in [0.05, 0.1) is 0 Å². The van der Waals surface area contributed by atoms with Crippen molar-refractivity contribution in [1.29, 1.82) is 0 Å². The lowest BCUT2D eigenvalue weighted by Crippen LogP contribution is -2.22. The molecule has 0 amide bonds. The maximum absolute atomic E-state index is 11.9. The van der Waals surface area contributed by atoms with Crippen LogP contribution >= 0.6 is 0 Å². The van der Waals surface area contributed by atoms with E-state index in [1.165, 1.54) is 26.4 Å². The number of hydrogen-bond donors (Lipinski definition) is 2. The molecule has 114 valence electrons. The van der Waals surface area contributed by atoms with Crippen LogP contribution in [0.2, 0.25) is 0 Å². The second-order valence-electron chi connectivity index (χ2n) is 4.83. The minimum Gasteiger partial charge on any atom is -0.396 e. The molecule has 0 bridgehead atoms. The zero-order valence-corrected chi connectivity index (χ0v) is 13.0. The summed E-state index contributed by atoms with van der Waals surface area (Å²) in [6, 6.07) is 3.19. The molecule has 0 aliphatic carbocycles. The van der Waals surface area contributed by atoms with Crippen molar-refractivity contribution in [3.63, 3.8) is 0 Å². The highest BCUT2D eigenvalue weighted by Gasteiger charge is 2.17. The van der Waals surface area contributed by atoms with Crippen molar-refractivity contribution in [2.45, 2.75) is 24.7 Å². The van der Waals surface area contributed by atoms with Crippen LogP contribution in [0, 0.1) is 5.92 Å². The highest BCUT2D eigenvalue weighted by molar-refractivity contribution is 7.89. The molecule has 20 heavy (non-hydrogen) atoms. The smallest absolute Gasteiger partial charge is 0.244 e. The lowest BCUT2D eigenvalue weighted by molar-refractivity contribution is 0.258. The van der Waals surface area contributed by atoms with E-state index < -0.39 is 10.0 Å². The first-order valence-electron chi connectivity index (χ1n) is 6.65. The Balaban J connectivity index is 2.68. The van der Waals surface area contributed by atoms with Gasteiger partial charge in [0.2, 0.25) is 10.0 Å². The minimum absolute atomic E-state index is 0.174.